The molecular formula is C28H40FN5O4. The number of benzene rings is 1. The van der Waals surface area contributed by atoms with Crippen molar-refractivity contribution >= 4 is 22.6 Å². The summed E-state index contributed by atoms with van der Waals surface area (Å²) in [6, 6.07) is 1.87. The Kier molecular flexibility index (Phi) is 7.93. The molecule has 1 aromatic heterocycles. The molecule has 3 fully saturated rings. The summed E-state index contributed by atoms with van der Waals surface area (Å²) in [4.78, 5) is 31.7. The molecule has 9 nitrogen and oxygen atoms in total. The maximum atomic E-state index is 15.7. The Hall–Kier alpha value is -2.69. The molecule has 2 aromatic rings. The van der Waals surface area contributed by atoms with Gasteiger partial charge in [-0.15, -0.1) is 0 Å². The molecule has 0 bridgehead atoms. The van der Waals surface area contributed by atoms with E-state index in [0.29, 0.717) is 42.0 Å². The van der Waals surface area contributed by atoms with Crippen LogP contribution in [0, 0.1) is 11.7 Å². The number of fused-ring (bicyclic) bond motifs is 1. The molecule has 1 atom stereocenters. The van der Waals surface area contributed by atoms with Gasteiger partial charge in [-0.05, 0) is 71.3 Å². The Morgan fingerprint density at radius 3 is 2.55 bits per heavy atom. The molecule has 0 spiro atoms. The monoisotopic (exact) mass is 529 g/mol. The second kappa shape index (κ2) is 11.2. The number of anilines is 1. The minimum atomic E-state index is -1.30. The molecule has 3 heterocycles. The van der Waals surface area contributed by atoms with Gasteiger partial charge < -0.3 is 29.5 Å². The molecule has 10 heteroatoms. The van der Waals surface area contributed by atoms with Crippen LogP contribution in [0.2, 0.25) is 0 Å². The highest BCUT2D eigenvalue weighted by Gasteiger charge is 2.34. The summed E-state index contributed by atoms with van der Waals surface area (Å²) in [6.45, 7) is 6.51. The van der Waals surface area contributed by atoms with Crippen LogP contribution < -0.4 is 20.4 Å². The van der Waals surface area contributed by atoms with Gasteiger partial charge in [0.1, 0.15) is 11.3 Å². The van der Waals surface area contributed by atoms with Crippen molar-refractivity contribution < 1.29 is 19.0 Å². The number of aromatic nitrogens is 1. The smallest absolute Gasteiger partial charge is 0.341 e. The molecule has 1 aliphatic carbocycles. The Morgan fingerprint density at radius 2 is 1.92 bits per heavy atom. The van der Waals surface area contributed by atoms with Gasteiger partial charge in [0.15, 0.2) is 11.6 Å². The first-order valence-corrected chi connectivity index (χ1v) is 13.8. The SMILES string of the molecule is COc1c(N2CCC(CN(CCN(C)C)C3CCNCC3)C2)c(F)cc2c(=O)c(C(=O)O)cn(C3CC3)c12. The zero-order chi connectivity index (χ0) is 27.0. The predicted octanol–water partition coefficient (Wildman–Crippen LogP) is 2.62. The normalized spacial score (nSPS) is 20.7. The summed E-state index contributed by atoms with van der Waals surface area (Å²) < 4.78 is 23.3. The van der Waals surface area contributed by atoms with Crippen molar-refractivity contribution in [3.8, 4) is 5.75 Å². The largest absolute Gasteiger partial charge is 0.492 e. The number of halogens is 1. The molecule has 1 saturated carbocycles. The predicted molar refractivity (Wildman–Crippen MR) is 146 cm³/mol. The molecule has 1 aromatic carbocycles. The van der Waals surface area contributed by atoms with E-state index in [4.69, 9.17) is 4.74 Å². The Balaban J connectivity index is 1.45. The first-order chi connectivity index (χ1) is 18.3. The molecular weight excluding hydrogens is 489 g/mol. The van der Waals surface area contributed by atoms with Crippen molar-refractivity contribution in [2.45, 2.75) is 44.2 Å². The lowest BCUT2D eigenvalue weighted by atomic mass is 10.0. The number of nitrogens with zero attached hydrogens (tertiary/aromatic N) is 4. The van der Waals surface area contributed by atoms with Gasteiger partial charge in [-0.3, -0.25) is 9.69 Å². The van der Waals surface area contributed by atoms with E-state index >= 15 is 4.39 Å². The first-order valence-electron chi connectivity index (χ1n) is 13.8. The fraction of sp³-hybridized carbons (Fsp3) is 0.643. The van der Waals surface area contributed by atoms with Gasteiger partial charge in [-0.2, -0.15) is 0 Å². The van der Waals surface area contributed by atoms with Gasteiger partial charge >= 0.3 is 5.97 Å². The lowest BCUT2D eigenvalue weighted by molar-refractivity contribution is 0.0694. The zero-order valence-corrected chi connectivity index (χ0v) is 22.7. The van der Waals surface area contributed by atoms with Gasteiger partial charge in [0, 0.05) is 51.0 Å². The Bertz CT molecular complexity index is 1240. The minimum absolute atomic E-state index is 0.0615. The van der Waals surface area contributed by atoms with Crippen LogP contribution in [0.4, 0.5) is 10.1 Å². The average molecular weight is 530 g/mol. The van der Waals surface area contributed by atoms with Crippen molar-refractivity contribution in [1.82, 2.24) is 19.7 Å². The second-order valence-electron chi connectivity index (χ2n) is 11.3. The number of likely N-dealkylation sites (N-methyl/N-ethyl adjacent to an activating group) is 1. The first kappa shape index (κ1) is 26.9. The van der Waals surface area contributed by atoms with E-state index in [1.165, 1.54) is 19.4 Å². The number of carboxylic acid groups (broad SMARTS) is 1. The number of methoxy groups -OCH3 is 1. The summed E-state index contributed by atoms with van der Waals surface area (Å²) in [7, 11) is 5.71. The van der Waals surface area contributed by atoms with Crippen LogP contribution in [-0.2, 0) is 0 Å². The van der Waals surface area contributed by atoms with Crippen LogP contribution in [-0.4, -0.2) is 98.5 Å². The number of ether oxygens (including phenoxy) is 1. The zero-order valence-electron chi connectivity index (χ0n) is 22.7. The lowest BCUT2D eigenvalue weighted by Gasteiger charge is -2.37. The summed E-state index contributed by atoms with van der Waals surface area (Å²) in [6.07, 6.45) is 6.43. The van der Waals surface area contributed by atoms with Crippen LogP contribution in [0.3, 0.4) is 0 Å². The minimum Gasteiger partial charge on any atom is -0.492 e. The van der Waals surface area contributed by atoms with Crippen LogP contribution in [0.15, 0.2) is 17.1 Å². The molecule has 5 rings (SSSR count). The van der Waals surface area contributed by atoms with Crippen LogP contribution in [0.25, 0.3) is 10.9 Å². The van der Waals surface area contributed by atoms with Crippen LogP contribution in [0.5, 0.6) is 5.75 Å². The third kappa shape index (κ3) is 5.39. The molecule has 3 aliphatic rings. The number of aromatic carboxylic acids is 1. The highest BCUT2D eigenvalue weighted by molar-refractivity contribution is 5.97. The van der Waals surface area contributed by atoms with Crippen molar-refractivity contribution in [3.05, 3.63) is 33.9 Å². The van der Waals surface area contributed by atoms with E-state index < -0.39 is 17.2 Å². The standard InChI is InChI=1S/C28H40FN5O4/c1-31(2)12-13-32(19-6-9-30-10-7-19)15-18-8-11-33(16-18)25-23(29)14-21-24(27(25)38-3)34(20-4-5-20)17-22(26(21)35)28(36)37/h14,17-20,30H,4-13,15-16H2,1-3H3,(H,36,37). The number of piperidine rings is 1. The van der Waals surface area contributed by atoms with E-state index in [1.54, 1.807) is 0 Å². The number of rotatable bonds is 10. The number of hydrogen-bond acceptors (Lipinski definition) is 7. The van der Waals surface area contributed by atoms with Gasteiger partial charge in [0.05, 0.1) is 18.0 Å². The van der Waals surface area contributed by atoms with E-state index in [9.17, 15) is 14.7 Å². The van der Waals surface area contributed by atoms with Gasteiger partial charge in [0.25, 0.3) is 0 Å². The number of pyridine rings is 1. The number of hydrogen-bond donors (Lipinski definition) is 2. The summed E-state index contributed by atoms with van der Waals surface area (Å²) in [5, 5.41) is 13.1. The number of carboxylic acids is 1. The van der Waals surface area contributed by atoms with Crippen molar-refractivity contribution in [2.75, 3.05) is 71.9 Å². The third-order valence-corrected chi connectivity index (χ3v) is 8.33. The highest BCUT2D eigenvalue weighted by atomic mass is 19.1. The maximum absolute atomic E-state index is 15.7. The van der Waals surface area contributed by atoms with E-state index in [0.717, 1.165) is 64.8 Å². The maximum Gasteiger partial charge on any atom is 0.341 e. The molecule has 38 heavy (non-hydrogen) atoms. The van der Waals surface area contributed by atoms with Crippen molar-refractivity contribution in [3.63, 3.8) is 0 Å². The Morgan fingerprint density at radius 1 is 1.18 bits per heavy atom. The summed E-state index contributed by atoms with van der Waals surface area (Å²) in [5.74, 6) is -1.12. The summed E-state index contributed by atoms with van der Waals surface area (Å²) >= 11 is 0. The molecule has 2 aliphatic heterocycles. The molecule has 2 saturated heterocycles. The third-order valence-electron chi connectivity index (χ3n) is 8.33. The van der Waals surface area contributed by atoms with Crippen molar-refractivity contribution in [2.24, 2.45) is 5.92 Å². The van der Waals surface area contributed by atoms with Crippen LogP contribution >= 0.6 is 0 Å². The topological polar surface area (TPSA) is 90.3 Å². The highest BCUT2D eigenvalue weighted by Crippen LogP contribution is 2.44. The van der Waals surface area contributed by atoms with Crippen molar-refractivity contribution in [1.29, 1.82) is 0 Å². The molecule has 208 valence electrons. The molecule has 2 N–H and O–H groups in total. The van der Waals surface area contributed by atoms with Crippen LogP contribution in [0.1, 0.15) is 48.5 Å². The lowest BCUT2D eigenvalue weighted by Crippen LogP contribution is -2.47. The van der Waals surface area contributed by atoms with Gasteiger partial charge in [0.2, 0.25) is 5.43 Å². The fourth-order valence-electron chi connectivity index (χ4n) is 6.16. The van der Waals surface area contributed by atoms with Gasteiger partial charge in [-0.1, -0.05) is 0 Å². The van der Waals surface area contributed by atoms with E-state index in [-0.39, 0.29) is 17.0 Å². The fourth-order valence-corrected chi connectivity index (χ4v) is 6.16. The van der Waals surface area contributed by atoms with E-state index in [2.05, 4.69) is 34.1 Å². The number of nitrogens with one attached hydrogen (secondary N) is 1. The van der Waals surface area contributed by atoms with E-state index in [1.807, 2.05) is 4.57 Å². The van der Waals surface area contributed by atoms with Gasteiger partial charge in [-0.25, -0.2) is 9.18 Å². The molecule has 0 radical (unpaired) electrons. The molecule has 0 amide bonds. The Labute approximate surface area is 223 Å². The quantitative estimate of drug-likeness (QED) is 0.486. The molecule has 1 unspecified atom stereocenters. The second-order valence-corrected chi connectivity index (χ2v) is 11.3. The number of carbonyl (C=O) groups is 1. The summed E-state index contributed by atoms with van der Waals surface area (Å²) in [5.41, 5.74) is -0.144. The average Bonchev–Trinajstić information content (AvgIpc) is 3.64.